The van der Waals surface area contributed by atoms with E-state index in [9.17, 15) is 0 Å². The Morgan fingerprint density at radius 3 is 1.52 bits per heavy atom. The number of fused-ring (bicyclic) bond motifs is 7. The lowest BCUT2D eigenvalue weighted by Gasteiger charge is -2.28. The van der Waals surface area contributed by atoms with Crippen LogP contribution in [0.4, 0.5) is 17.1 Å². The van der Waals surface area contributed by atoms with Gasteiger partial charge in [-0.25, -0.2) is 0 Å². The number of nitrogens with zero attached hydrogens (tertiary/aromatic N) is 1. The zero-order valence-corrected chi connectivity index (χ0v) is 33.9. The third-order valence-electron chi connectivity index (χ3n) is 12.5. The lowest BCUT2D eigenvalue weighted by atomic mass is 9.96. The highest BCUT2D eigenvalue weighted by Crippen LogP contribution is 2.44. The maximum atomic E-state index is 6.54. The van der Waals surface area contributed by atoms with Crippen molar-refractivity contribution in [2.75, 3.05) is 4.90 Å². The number of para-hydroxylation sites is 1. The van der Waals surface area contributed by atoms with Gasteiger partial charge in [0, 0.05) is 33.1 Å². The van der Waals surface area contributed by atoms with Crippen LogP contribution in [0.25, 0.3) is 98.8 Å². The number of furan rings is 1. The molecule has 0 unspecified atom stereocenters. The first-order chi connectivity index (χ1) is 30.7. The van der Waals surface area contributed by atoms with E-state index in [1.807, 2.05) is 0 Å². The molecule has 0 saturated heterocycles. The summed E-state index contributed by atoms with van der Waals surface area (Å²) in [6.07, 6.45) is 0. The summed E-state index contributed by atoms with van der Waals surface area (Å²) < 4.78 is 6.54. The van der Waals surface area contributed by atoms with Crippen molar-refractivity contribution in [3.05, 3.63) is 237 Å². The second-order valence-corrected chi connectivity index (χ2v) is 16.1. The number of hydrogen-bond acceptors (Lipinski definition) is 2. The van der Waals surface area contributed by atoms with Crippen molar-refractivity contribution < 1.29 is 4.42 Å². The molecule has 1 aromatic heterocycles. The van der Waals surface area contributed by atoms with Crippen LogP contribution in [0.1, 0.15) is 0 Å². The normalized spacial score (nSPS) is 11.5. The first-order valence-corrected chi connectivity index (χ1v) is 21.2. The van der Waals surface area contributed by atoms with Gasteiger partial charge in [-0.3, -0.25) is 0 Å². The number of rotatable bonds is 7. The smallest absolute Gasteiger partial charge is 0.143 e. The van der Waals surface area contributed by atoms with Crippen LogP contribution in [0.2, 0.25) is 0 Å². The van der Waals surface area contributed by atoms with Gasteiger partial charge in [-0.15, -0.1) is 0 Å². The molecule has 0 saturated carbocycles. The van der Waals surface area contributed by atoms with Crippen molar-refractivity contribution in [1.82, 2.24) is 0 Å². The molecule has 0 aliphatic rings. The maximum absolute atomic E-state index is 6.54. The molecule has 2 heteroatoms. The lowest BCUT2D eigenvalue weighted by Crippen LogP contribution is -2.11. The van der Waals surface area contributed by atoms with E-state index in [1.54, 1.807) is 0 Å². The summed E-state index contributed by atoms with van der Waals surface area (Å²) in [5.74, 6) is 0. The van der Waals surface area contributed by atoms with Crippen molar-refractivity contribution in [3.8, 4) is 44.5 Å². The third-order valence-corrected chi connectivity index (χ3v) is 12.5. The molecule has 290 valence electrons. The fourth-order valence-electron chi connectivity index (χ4n) is 9.42. The van der Waals surface area contributed by atoms with E-state index in [0.29, 0.717) is 0 Å². The molecule has 0 atom stereocenters. The van der Waals surface area contributed by atoms with Gasteiger partial charge in [-0.1, -0.05) is 188 Å². The van der Waals surface area contributed by atoms with E-state index < -0.39 is 0 Å². The van der Waals surface area contributed by atoms with Crippen molar-refractivity contribution in [2.45, 2.75) is 0 Å². The van der Waals surface area contributed by atoms with E-state index in [0.717, 1.165) is 55.5 Å². The SMILES string of the molecule is c1cc(-c2cccc3ccccc23)cc(N(c2ccc(-c3ccc(-c4cccc5ccccc45)cc3)cc2)c2ccccc2-c2ccc3oc4c5ccccc5ccc4c3c2)c1. The van der Waals surface area contributed by atoms with Gasteiger partial charge in [0.15, 0.2) is 0 Å². The average molecular weight is 790 g/mol. The highest BCUT2D eigenvalue weighted by Gasteiger charge is 2.20. The van der Waals surface area contributed by atoms with Crippen LogP contribution in [0.3, 0.4) is 0 Å². The van der Waals surface area contributed by atoms with E-state index in [2.05, 4.69) is 241 Å². The van der Waals surface area contributed by atoms with Crippen molar-refractivity contribution in [2.24, 2.45) is 0 Å². The van der Waals surface area contributed by atoms with Gasteiger partial charge in [0.2, 0.25) is 0 Å². The van der Waals surface area contributed by atoms with E-state index >= 15 is 0 Å². The average Bonchev–Trinajstić information content (AvgIpc) is 3.73. The minimum atomic E-state index is 0.887. The van der Waals surface area contributed by atoms with Gasteiger partial charge in [0.05, 0.1) is 5.69 Å². The van der Waals surface area contributed by atoms with Gasteiger partial charge < -0.3 is 9.32 Å². The molecule has 62 heavy (non-hydrogen) atoms. The summed E-state index contributed by atoms with van der Waals surface area (Å²) >= 11 is 0. The lowest BCUT2D eigenvalue weighted by molar-refractivity contribution is 0.672. The predicted octanol–water partition coefficient (Wildman–Crippen LogP) is 17.2. The van der Waals surface area contributed by atoms with Crippen LogP contribution in [0.5, 0.6) is 0 Å². The van der Waals surface area contributed by atoms with E-state index in [4.69, 9.17) is 4.42 Å². The Bertz CT molecular complexity index is 3620. The molecule has 0 aliphatic carbocycles. The molecular weight excluding hydrogens is 751 g/mol. The van der Waals surface area contributed by atoms with E-state index in [-0.39, 0.29) is 0 Å². The minimum absolute atomic E-state index is 0.887. The quantitative estimate of drug-likeness (QED) is 0.160. The van der Waals surface area contributed by atoms with Crippen molar-refractivity contribution in [1.29, 1.82) is 0 Å². The zero-order chi connectivity index (χ0) is 41.0. The first kappa shape index (κ1) is 35.7. The molecule has 0 N–H and O–H groups in total. The summed E-state index contributed by atoms with van der Waals surface area (Å²) in [4.78, 5) is 2.41. The second-order valence-electron chi connectivity index (χ2n) is 16.1. The zero-order valence-electron chi connectivity index (χ0n) is 33.9. The Balaban J connectivity index is 0.979. The summed E-state index contributed by atoms with van der Waals surface area (Å²) in [5.41, 5.74) is 14.5. The molecular formula is C60H39NO. The molecule has 0 amide bonds. The van der Waals surface area contributed by atoms with Gasteiger partial charge in [-0.05, 0) is 114 Å². The van der Waals surface area contributed by atoms with Crippen LogP contribution in [-0.4, -0.2) is 0 Å². The second kappa shape index (κ2) is 14.8. The van der Waals surface area contributed by atoms with Gasteiger partial charge in [0.25, 0.3) is 0 Å². The fraction of sp³-hybridized carbons (Fsp3) is 0. The van der Waals surface area contributed by atoms with Gasteiger partial charge >= 0.3 is 0 Å². The van der Waals surface area contributed by atoms with Gasteiger partial charge in [0.1, 0.15) is 11.2 Å². The van der Waals surface area contributed by atoms with Crippen LogP contribution in [-0.2, 0) is 0 Å². The Morgan fingerprint density at radius 2 is 0.790 bits per heavy atom. The fourth-order valence-corrected chi connectivity index (χ4v) is 9.42. The maximum Gasteiger partial charge on any atom is 0.143 e. The van der Waals surface area contributed by atoms with Crippen molar-refractivity contribution in [3.63, 3.8) is 0 Å². The monoisotopic (exact) mass is 789 g/mol. The molecule has 12 aromatic rings. The Labute approximate surface area is 360 Å². The molecule has 0 bridgehead atoms. The summed E-state index contributed by atoms with van der Waals surface area (Å²) in [7, 11) is 0. The highest BCUT2D eigenvalue weighted by atomic mass is 16.3. The predicted molar refractivity (Wildman–Crippen MR) is 263 cm³/mol. The number of hydrogen-bond donors (Lipinski definition) is 0. The topological polar surface area (TPSA) is 16.4 Å². The van der Waals surface area contributed by atoms with Crippen LogP contribution in [0.15, 0.2) is 241 Å². The summed E-state index contributed by atoms with van der Waals surface area (Å²) in [6.45, 7) is 0. The molecule has 2 nitrogen and oxygen atoms in total. The molecule has 11 aromatic carbocycles. The molecule has 12 rings (SSSR count). The van der Waals surface area contributed by atoms with Crippen LogP contribution >= 0.6 is 0 Å². The van der Waals surface area contributed by atoms with Crippen molar-refractivity contribution >= 4 is 71.3 Å². The highest BCUT2D eigenvalue weighted by molar-refractivity contribution is 6.16. The molecule has 1 heterocycles. The molecule has 0 radical (unpaired) electrons. The van der Waals surface area contributed by atoms with Crippen LogP contribution in [0, 0.1) is 0 Å². The summed E-state index contributed by atoms with van der Waals surface area (Å²) in [5, 5.41) is 9.53. The molecule has 0 fully saturated rings. The minimum Gasteiger partial charge on any atom is -0.455 e. The van der Waals surface area contributed by atoms with Crippen LogP contribution < -0.4 is 4.90 Å². The summed E-state index contributed by atoms with van der Waals surface area (Å²) in [6, 6.07) is 85.5. The molecule has 0 aliphatic heterocycles. The molecule has 0 spiro atoms. The number of benzene rings is 11. The Kier molecular flexibility index (Phi) is 8.53. The Hall–Kier alpha value is -8.20. The van der Waals surface area contributed by atoms with Gasteiger partial charge in [-0.2, -0.15) is 0 Å². The standard InChI is InChI=1S/C60H39NO/c1-4-19-50-42(12-1)15-10-23-52(50)45-28-26-40(27-29-45)41-30-34-48(35-31-41)61(49-18-9-17-46(38-49)53-24-11-16-43-13-2-5-20-51(43)53)58-25-8-7-21-54(58)47-33-37-59-57(39-47)56-36-32-44-14-3-6-22-55(44)60(56)62-59/h1-39H. The Morgan fingerprint density at radius 1 is 0.274 bits per heavy atom. The third kappa shape index (κ3) is 6.12. The largest absolute Gasteiger partial charge is 0.455 e. The number of anilines is 3. The first-order valence-electron chi connectivity index (χ1n) is 21.2. The van der Waals surface area contributed by atoms with E-state index in [1.165, 1.54) is 60.3 Å².